The molecule has 1 aliphatic rings. The van der Waals surface area contributed by atoms with Gasteiger partial charge in [-0.1, -0.05) is 35.5 Å². The molecule has 0 radical (unpaired) electrons. The summed E-state index contributed by atoms with van der Waals surface area (Å²) >= 11 is 0. The van der Waals surface area contributed by atoms with Crippen molar-refractivity contribution >= 4 is 5.91 Å². The molecular formula is C17H18N6O2. The van der Waals surface area contributed by atoms with Crippen LogP contribution < -0.4 is 0 Å². The smallest absolute Gasteiger partial charge is 0.259 e. The van der Waals surface area contributed by atoms with E-state index in [-0.39, 0.29) is 5.91 Å². The average Bonchev–Trinajstić information content (AvgIpc) is 3.34. The van der Waals surface area contributed by atoms with Crippen molar-refractivity contribution < 1.29 is 9.32 Å². The van der Waals surface area contributed by atoms with E-state index in [1.807, 2.05) is 35.2 Å². The van der Waals surface area contributed by atoms with Gasteiger partial charge in [0.25, 0.3) is 5.91 Å². The molecule has 1 aliphatic heterocycles. The zero-order chi connectivity index (χ0) is 17.1. The zero-order valence-electron chi connectivity index (χ0n) is 13.6. The summed E-state index contributed by atoms with van der Waals surface area (Å²) in [7, 11) is 0. The molecule has 0 aliphatic carbocycles. The predicted octanol–water partition coefficient (Wildman–Crippen LogP) is 1.42. The molecule has 8 heteroatoms. The summed E-state index contributed by atoms with van der Waals surface area (Å²) in [6, 6.07) is 9.61. The fourth-order valence-electron chi connectivity index (χ4n) is 2.99. The summed E-state index contributed by atoms with van der Waals surface area (Å²) in [5.41, 5.74) is 1.98. The van der Waals surface area contributed by atoms with Crippen molar-refractivity contribution in [3.05, 3.63) is 54.3 Å². The van der Waals surface area contributed by atoms with Gasteiger partial charge in [0.2, 0.25) is 0 Å². The number of H-pyrrole nitrogens is 1. The first-order valence-corrected chi connectivity index (χ1v) is 8.17. The summed E-state index contributed by atoms with van der Waals surface area (Å²) in [4.78, 5) is 21.1. The lowest BCUT2D eigenvalue weighted by Gasteiger charge is -2.34. The molecule has 0 atom stereocenters. The summed E-state index contributed by atoms with van der Waals surface area (Å²) < 4.78 is 5.08. The number of carbonyl (C=O) groups excluding carboxylic acids is 1. The van der Waals surface area contributed by atoms with Crippen LogP contribution >= 0.6 is 0 Å². The largest absolute Gasteiger partial charge is 0.363 e. The van der Waals surface area contributed by atoms with Gasteiger partial charge in [0, 0.05) is 31.7 Å². The molecule has 4 rings (SSSR count). The Labute approximate surface area is 144 Å². The molecule has 1 saturated heterocycles. The average molecular weight is 338 g/mol. The lowest BCUT2D eigenvalue weighted by atomic mass is 10.1. The van der Waals surface area contributed by atoms with Gasteiger partial charge in [-0.2, -0.15) is 5.10 Å². The van der Waals surface area contributed by atoms with Crippen molar-refractivity contribution in [2.45, 2.75) is 6.54 Å². The SMILES string of the molecule is O=C(c1conc1-c1ccccc1)N1CCN(Cc2ncn[nH]2)CC1. The lowest BCUT2D eigenvalue weighted by Crippen LogP contribution is -2.48. The Hall–Kier alpha value is -3.00. The van der Waals surface area contributed by atoms with Crippen LogP contribution in [0.1, 0.15) is 16.2 Å². The highest BCUT2D eigenvalue weighted by atomic mass is 16.5. The number of carbonyl (C=O) groups is 1. The zero-order valence-corrected chi connectivity index (χ0v) is 13.6. The van der Waals surface area contributed by atoms with E-state index in [1.54, 1.807) is 0 Å². The lowest BCUT2D eigenvalue weighted by molar-refractivity contribution is 0.0625. The molecule has 1 amide bonds. The van der Waals surface area contributed by atoms with Gasteiger partial charge in [-0.25, -0.2) is 4.98 Å². The van der Waals surface area contributed by atoms with E-state index in [4.69, 9.17) is 4.52 Å². The molecule has 8 nitrogen and oxygen atoms in total. The Balaban J connectivity index is 1.42. The summed E-state index contributed by atoms with van der Waals surface area (Å²) in [5, 5.41) is 10.7. The Morgan fingerprint density at radius 1 is 1.16 bits per heavy atom. The maximum absolute atomic E-state index is 12.9. The second-order valence-corrected chi connectivity index (χ2v) is 5.94. The van der Waals surface area contributed by atoms with Crippen LogP contribution in [0, 0.1) is 0 Å². The minimum absolute atomic E-state index is 0.0422. The molecule has 0 unspecified atom stereocenters. The van der Waals surface area contributed by atoms with E-state index < -0.39 is 0 Å². The van der Waals surface area contributed by atoms with Crippen LogP contribution in [0.3, 0.4) is 0 Å². The number of aromatic nitrogens is 4. The highest BCUT2D eigenvalue weighted by Gasteiger charge is 2.26. The highest BCUT2D eigenvalue weighted by molar-refractivity contribution is 5.99. The van der Waals surface area contributed by atoms with Crippen molar-refractivity contribution in [3.8, 4) is 11.3 Å². The van der Waals surface area contributed by atoms with Crippen molar-refractivity contribution in [1.82, 2.24) is 30.1 Å². The number of piperazine rings is 1. The summed E-state index contributed by atoms with van der Waals surface area (Å²) in [5.74, 6) is 0.796. The van der Waals surface area contributed by atoms with Crippen LogP contribution in [0.5, 0.6) is 0 Å². The Morgan fingerprint density at radius 2 is 1.96 bits per heavy atom. The van der Waals surface area contributed by atoms with Crippen LogP contribution in [-0.2, 0) is 6.54 Å². The summed E-state index contributed by atoms with van der Waals surface area (Å²) in [6.45, 7) is 3.61. The molecule has 0 bridgehead atoms. The van der Waals surface area contributed by atoms with Gasteiger partial charge in [-0.3, -0.25) is 14.8 Å². The standard InChI is InChI=1S/C17H18N6O2/c24-17(14-11-25-21-16(14)13-4-2-1-3-5-13)23-8-6-22(7-9-23)10-15-18-12-19-20-15/h1-5,11-12H,6-10H2,(H,18,19,20). The predicted molar refractivity (Wildman–Crippen MR) is 89.5 cm³/mol. The number of rotatable bonds is 4. The molecule has 1 fully saturated rings. The van der Waals surface area contributed by atoms with E-state index in [9.17, 15) is 4.79 Å². The van der Waals surface area contributed by atoms with Crippen molar-refractivity contribution in [3.63, 3.8) is 0 Å². The Kier molecular flexibility index (Phi) is 4.26. The molecule has 3 aromatic rings. The van der Waals surface area contributed by atoms with Crippen LogP contribution in [0.15, 0.2) is 47.4 Å². The van der Waals surface area contributed by atoms with E-state index in [0.29, 0.717) is 30.9 Å². The molecule has 1 aromatic carbocycles. The van der Waals surface area contributed by atoms with Crippen molar-refractivity contribution in [2.24, 2.45) is 0 Å². The van der Waals surface area contributed by atoms with Gasteiger partial charge in [0.05, 0.1) is 6.54 Å². The first-order valence-electron chi connectivity index (χ1n) is 8.17. The second-order valence-electron chi connectivity index (χ2n) is 5.94. The highest BCUT2D eigenvalue weighted by Crippen LogP contribution is 2.23. The summed E-state index contributed by atoms with van der Waals surface area (Å²) in [6.07, 6.45) is 2.94. The quantitative estimate of drug-likeness (QED) is 0.773. The molecule has 0 saturated carbocycles. The van der Waals surface area contributed by atoms with Gasteiger partial charge in [-0.05, 0) is 0 Å². The minimum Gasteiger partial charge on any atom is -0.363 e. The number of hydrogen-bond donors (Lipinski definition) is 1. The number of nitrogens with one attached hydrogen (secondary N) is 1. The molecule has 25 heavy (non-hydrogen) atoms. The number of aromatic amines is 1. The molecule has 1 N–H and O–H groups in total. The van der Waals surface area contributed by atoms with Crippen LogP contribution in [0.25, 0.3) is 11.3 Å². The number of nitrogens with zero attached hydrogens (tertiary/aromatic N) is 5. The topological polar surface area (TPSA) is 91.2 Å². The molecule has 3 heterocycles. The Morgan fingerprint density at radius 3 is 2.68 bits per heavy atom. The van der Waals surface area contributed by atoms with Gasteiger partial charge < -0.3 is 9.42 Å². The van der Waals surface area contributed by atoms with E-state index >= 15 is 0 Å². The number of benzene rings is 1. The maximum Gasteiger partial charge on any atom is 0.259 e. The Bertz CT molecular complexity index is 822. The molecular weight excluding hydrogens is 320 g/mol. The fourth-order valence-corrected chi connectivity index (χ4v) is 2.99. The van der Waals surface area contributed by atoms with Crippen molar-refractivity contribution in [2.75, 3.05) is 26.2 Å². The number of hydrogen-bond acceptors (Lipinski definition) is 6. The van der Waals surface area contributed by atoms with Crippen LogP contribution in [-0.4, -0.2) is 62.2 Å². The van der Waals surface area contributed by atoms with Crippen LogP contribution in [0.4, 0.5) is 0 Å². The third-order valence-corrected chi connectivity index (χ3v) is 4.35. The molecule has 0 spiro atoms. The molecule has 2 aromatic heterocycles. The normalized spacial score (nSPS) is 15.4. The van der Waals surface area contributed by atoms with Gasteiger partial charge in [0.15, 0.2) is 0 Å². The third kappa shape index (κ3) is 3.29. The van der Waals surface area contributed by atoms with E-state index in [2.05, 4.69) is 25.2 Å². The van der Waals surface area contributed by atoms with E-state index in [0.717, 1.165) is 24.5 Å². The second kappa shape index (κ2) is 6.86. The first-order chi connectivity index (χ1) is 12.3. The van der Waals surface area contributed by atoms with Gasteiger partial charge >= 0.3 is 0 Å². The van der Waals surface area contributed by atoms with Crippen LogP contribution in [0.2, 0.25) is 0 Å². The number of amides is 1. The monoisotopic (exact) mass is 338 g/mol. The van der Waals surface area contributed by atoms with Gasteiger partial charge in [-0.15, -0.1) is 0 Å². The molecule has 128 valence electrons. The first kappa shape index (κ1) is 15.5. The van der Waals surface area contributed by atoms with Crippen molar-refractivity contribution in [1.29, 1.82) is 0 Å². The third-order valence-electron chi connectivity index (χ3n) is 4.35. The minimum atomic E-state index is -0.0422. The van der Waals surface area contributed by atoms with Gasteiger partial charge in [0.1, 0.15) is 29.7 Å². The fraction of sp³-hybridized carbons (Fsp3) is 0.294. The maximum atomic E-state index is 12.9. The van der Waals surface area contributed by atoms with E-state index in [1.165, 1.54) is 12.6 Å².